The zero-order chi connectivity index (χ0) is 15.4. The van der Waals surface area contributed by atoms with Gasteiger partial charge in [-0.2, -0.15) is 0 Å². The number of amides is 1. The number of nitrogens with zero attached hydrogens (tertiary/aromatic N) is 2. The van der Waals surface area contributed by atoms with Gasteiger partial charge in [0.1, 0.15) is 11.5 Å². The molecule has 0 aliphatic heterocycles. The van der Waals surface area contributed by atoms with Crippen LogP contribution in [-0.4, -0.2) is 27.3 Å². The Balaban J connectivity index is 2.19. The topological polar surface area (TPSA) is 105 Å². The van der Waals surface area contributed by atoms with Crippen LogP contribution in [0.3, 0.4) is 0 Å². The number of carbonyl (C=O) groups excluding carboxylic acids is 1. The molecular weight excluding hydrogens is 305 g/mol. The summed E-state index contributed by atoms with van der Waals surface area (Å²) in [5.74, 6) is -2.54. The van der Waals surface area contributed by atoms with Gasteiger partial charge in [0, 0.05) is 11.8 Å². The molecule has 0 spiro atoms. The molecule has 0 atom stereocenters. The number of rotatable bonds is 4. The third-order valence-corrected chi connectivity index (χ3v) is 2.58. The van der Waals surface area contributed by atoms with E-state index in [0.29, 0.717) is 0 Å². The van der Waals surface area contributed by atoms with Crippen LogP contribution in [-0.2, 0) is 4.79 Å². The number of carbonyl (C=O) groups is 2. The summed E-state index contributed by atoms with van der Waals surface area (Å²) in [5.41, 5.74) is -0.0291. The molecule has 0 aliphatic rings. The van der Waals surface area contributed by atoms with E-state index in [1.807, 2.05) is 0 Å². The van der Waals surface area contributed by atoms with Crippen LogP contribution in [0.15, 0.2) is 28.9 Å². The number of hydrogen-bond acceptors (Lipinski definition) is 5. The van der Waals surface area contributed by atoms with E-state index < -0.39 is 17.7 Å². The lowest BCUT2D eigenvalue weighted by Gasteiger charge is -2.03. The van der Waals surface area contributed by atoms with E-state index in [4.69, 9.17) is 16.7 Å². The molecule has 0 bridgehead atoms. The predicted octanol–water partition coefficient (Wildman–Crippen LogP) is 2.21. The molecule has 0 radical (unpaired) electrons. The molecule has 0 aliphatic carbocycles. The molecule has 0 saturated heterocycles. The maximum Gasteiger partial charge on any atom is 0.328 e. The summed E-state index contributed by atoms with van der Waals surface area (Å²) in [7, 11) is 0. The van der Waals surface area contributed by atoms with E-state index in [-0.39, 0.29) is 22.1 Å². The van der Waals surface area contributed by atoms with Crippen LogP contribution < -0.4 is 5.32 Å². The minimum atomic E-state index is -1.21. The van der Waals surface area contributed by atoms with Gasteiger partial charge in [-0.25, -0.2) is 13.8 Å². The number of aromatic nitrogens is 2. The zero-order valence-electron chi connectivity index (χ0n) is 10.2. The molecule has 1 aromatic carbocycles. The fraction of sp³-hybridized carbons (Fsp3) is 0. The molecule has 2 N–H and O–H groups in total. The lowest BCUT2D eigenvalue weighted by atomic mass is 10.2. The van der Waals surface area contributed by atoms with Crippen molar-refractivity contribution < 1.29 is 23.7 Å². The Morgan fingerprint density at radius 1 is 1.38 bits per heavy atom. The summed E-state index contributed by atoms with van der Waals surface area (Å²) in [6.07, 6.45) is 1.84. The first-order chi connectivity index (χ1) is 9.97. The second-order valence-electron chi connectivity index (χ2n) is 3.75. The number of nitrogens with one attached hydrogen (secondary N) is 1. The van der Waals surface area contributed by atoms with Crippen molar-refractivity contribution in [1.82, 2.24) is 10.3 Å². The van der Waals surface area contributed by atoms with Crippen LogP contribution in [0.4, 0.5) is 10.1 Å². The molecule has 1 aromatic heterocycles. The van der Waals surface area contributed by atoms with E-state index in [1.165, 1.54) is 12.1 Å². The van der Waals surface area contributed by atoms with E-state index >= 15 is 0 Å². The highest BCUT2D eigenvalue weighted by Crippen LogP contribution is 2.20. The molecule has 9 heteroatoms. The highest BCUT2D eigenvalue weighted by Gasteiger charge is 2.17. The maximum absolute atomic E-state index is 13.0. The molecule has 0 unspecified atom stereocenters. The third-order valence-electron chi connectivity index (χ3n) is 2.29. The lowest BCUT2D eigenvalue weighted by molar-refractivity contribution is -0.131. The molecule has 1 amide bonds. The number of hydrogen-bond donors (Lipinski definition) is 2. The largest absolute Gasteiger partial charge is 0.478 e. The second kappa shape index (κ2) is 6.14. The first-order valence-corrected chi connectivity index (χ1v) is 5.85. The molecule has 0 fully saturated rings. The predicted molar refractivity (Wildman–Crippen MR) is 70.3 cm³/mol. The number of aliphatic carboxylic acids is 1. The van der Waals surface area contributed by atoms with Crippen LogP contribution in [0.1, 0.15) is 16.2 Å². The Bertz CT molecular complexity index is 729. The maximum atomic E-state index is 13.0. The Kier molecular flexibility index (Phi) is 4.29. The van der Waals surface area contributed by atoms with Crippen LogP contribution in [0.5, 0.6) is 0 Å². The monoisotopic (exact) mass is 311 g/mol. The van der Waals surface area contributed by atoms with Crippen molar-refractivity contribution in [2.24, 2.45) is 0 Å². The molecule has 21 heavy (non-hydrogen) atoms. The van der Waals surface area contributed by atoms with Gasteiger partial charge in [-0.15, -0.1) is 0 Å². The summed E-state index contributed by atoms with van der Waals surface area (Å²) < 4.78 is 17.4. The van der Waals surface area contributed by atoms with Crippen LogP contribution in [0, 0.1) is 5.82 Å². The van der Waals surface area contributed by atoms with Gasteiger partial charge in [-0.3, -0.25) is 4.79 Å². The van der Waals surface area contributed by atoms with E-state index in [1.54, 1.807) is 0 Å². The number of carboxylic acids is 1. The summed E-state index contributed by atoms with van der Waals surface area (Å²) in [5, 5.41) is 17.5. The molecule has 7 nitrogen and oxygen atoms in total. The van der Waals surface area contributed by atoms with Gasteiger partial charge in [-0.1, -0.05) is 11.6 Å². The zero-order valence-corrected chi connectivity index (χ0v) is 11.0. The van der Waals surface area contributed by atoms with Crippen molar-refractivity contribution in [2.75, 3.05) is 5.32 Å². The SMILES string of the molecule is O=C(O)/C=C/c1nonc1C(=O)Nc1ccc(F)c(Cl)c1. The highest BCUT2D eigenvalue weighted by atomic mass is 35.5. The molecule has 108 valence electrons. The Hall–Kier alpha value is -2.74. The van der Waals surface area contributed by atoms with Crippen molar-refractivity contribution >= 4 is 35.2 Å². The van der Waals surface area contributed by atoms with Crippen molar-refractivity contribution in [2.45, 2.75) is 0 Å². The van der Waals surface area contributed by atoms with Gasteiger partial charge in [0.05, 0.1) is 5.02 Å². The first-order valence-electron chi connectivity index (χ1n) is 5.47. The minimum absolute atomic E-state index is 0.0527. The van der Waals surface area contributed by atoms with Gasteiger partial charge >= 0.3 is 5.97 Å². The van der Waals surface area contributed by atoms with Crippen molar-refractivity contribution in [1.29, 1.82) is 0 Å². The second-order valence-corrected chi connectivity index (χ2v) is 4.16. The summed E-state index contributed by atoms with van der Waals surface area (Å²) in [6.45, 7) is 0. The summed E-state index contributed by atoms with van der Waals surface area (Å²) in [4.78, 5) is 22.4. The molecule has 1 heterocycles. The number of halogens is 2. The van der Waals surface area contributed by atoms with E-state index in [0.717, 1.165) is 18.2 Å². The fourth-order valence-electron chi connectivity index (χ4n) is 1.38. The number of carboxylic acid groups (broad SMARTS) is 1. The quantitative estimate of drug-likeness (QED) is 0.839. The molecule has 2 rings (SSSR count). The highest BCUT2D eigenvalue weighted by molar-refractivity contribution is 6.31. The average molecular weight is 312 g/mol. The van der Waals surface area contributed by atoms with Crippen LogP contribution >= 0.6 is 11.6 Å². The van der Waals surface area contributed by atoms with Crippen LogP contribution in [0.2, 0.25) is 5.02 Å². The van der Waals surface area contributed by atoms with E-state index in [9.17, 15) is 14.0 Å². The summed E-state index contributed by atoms with van der Waals surface area (Å²) in [6, 6.07) is 3.61. The molecular formula is C12H7ClFN3O4. The smallest absolute Gasteiger partial charge is 0.328 e. The van der Waals surface area contributed by atoms with E-state index in [2.05, 4.69) is 20.3 Å². The van der Waals surface area contributed by atoms with Crippen molar-refractivity contribution in [3.8, 4) is 0 Å². The van der Waals surface area contributed by atoms with Crippen molar-refractivity contribution in [3.05, 3.63) is 46.5 Å². The molecule has 0 saturated carbocycles. The van der Waals surface area contributed by atoms with Gasteiger partial charge in [0.15, 0.2) is 5.69 Å². The molecule has 2 aromatic rings. The van der Waals surface area contributed by atoms with Crippen molar-refractivity contribution in [3.63, 3.8) is 0 Å². The normalized spacial score (nSPS) is 10.8. The fourth-order valence-corrected chi connectivity index (χ4v) is 1.56. The Morgan fingerprint density at radius 2 is 2.14 bits per heavy atom. The van der Waals surface area contributed by atoms with Crippen LogP contribution in [0.25, 0.3) is 6.08 Å². The number of benzene rings is 1. The van der Waals surface area contributed by atoms with Gasteiger partial charge < -0.3 is 10.4 Å². The Morgan fingerprint density at radius 3 is 2.81 bits per heavy atom. The Labute approximate surface area is 122 Å². The number of anilines is 1. The van der Waals surface area contributed by atoms with Gasteiger partial charge in [0.25, 0.3) is 5.91 Å². The lowest BCUT2D eigenvalue weighted by Crippen LogP contribution is -2.13. The average Bonchev–Trinajstić information content (AvgIpc) is 2.89. The van der Waals surface area contributed by atoms with Gasteiger partial charge in [0.2, 0.25) is 0 Å². The minimum Gasteiger partial charge on any atom is -0.478 e. The van der Waals surface area contributed by atoms with Gasteiger partial charge in [-0.05, 0) is 34.6 Å². The summed E-state index contributed by atoms with van der Waals surface area (Å²) >= 11 is 5.59. The standard InChI is InChI=1S/C12H7ClFN3O4/c13-7-5-6(1-2-8(7)14)15-12(20)11-9(16-21-17-11)3-4-10(18)19/h1-5H,(H,15,20)(H,18,19)/b4-3+. The first kappa shape index (κ1) is 14.7. The third kappa shape index (κ3) is 3.63.